The van der Waals surface area contributed by atoms with E-state index in [-0.39, 0.29) is 0 Å². The van der Waals surface area contributed by atoms with Crippen molar-refractivity contribution in [2.45, 2.75) is 5.41 Å². The summed E-state index contributed by atoms with van der Waals surface area (Å²) < 4.78 is 12.8. The van der Waals surface area contributed by atoms with Gasteiger partial charge in [-0.3, -0.25) is 0 Å². The van der Waals surface area contributed by atoms with Crippen LogP contribution in [0.4, 0.5) is 0 Å². The van der Waals surface area contributed by atoms with Gasteiger partial charge in [0.05, 0.1) is 5.41 Å². The van der Waals surface area contributed by atoms with Crippen LogP contribution in [0.3, 0.4) is 0 Å². The van der Waals surface area contributed by atoms with Crippen molar-refractivity contribution in [3.8, 4) is 78.7 Å². The van der Waals surface area contributed by atoms with Gasteiger partial charge in [0, 0.05) is 38.2 Å². The second-order valence-corrected chi connectivity index (χ2v) is 19.4. The number of aromatic nitrogens is 3. The van der Waals surface area contributed by atoms with E-state index in [9.17, 15) is 0 Å². The van der Waals surface area contributed by atoms with Crippen molar-refractivity contribution in [3.63, 3.8) is 0 Å². The van der Waals surface area contributed by atoms with Crippen LogP contribution in [0.5, 0.6) is 0 Å². The number of furan rings is 2. The summed E-state index contributed by atoms with van der Waals surface area (Å²) in [5.74, 6) is 1.71. The molecule has 0 amide bonds. The molecule has 0 radical (unpaired) electrons. The molecule has 0 saturated carbocycles. The van der Waals surface area contributed by atoms with Gasteiger partial charge in [0.25, 0.3) is 0 Å². The van der Waals surface area contributed by atoms with Gasteiger partial charge < -0.3 is 8.83 Å². The first-order chi connectivity index (χ1) is 37.1. The quantitative estimate of drug-likeness (QED) is 0.152. The average Bonchev–Trinajstić information content (AvgIpc) is 4.27. The number of benzene rings is 11. The fraction of sp³-hybridized carbons (Fsp3) is 0.0143. The SMILES string of the molecule is c1ccc(-c2ccc(-c3nc(-c4ccc5oc6ccccc6c5c4)nc(-c4cccc5oc6ccc(-c7ccc(-c8ccc9c(c8)C(c8ccccc8)(c8ccccc8)c8ccccc8-9)cc7)cc6c45)n3)cc2)cc1. The Bertz CT molecular complexity index is 4460. The first-order valence-electron chi connectivity index (χ1n) is 25.4. The molecular weight excluding hydrogens is 915 g/mol. The molecule has 0 aliphatic heterocycles. The molecule has 0 saturated heterocycles. The maximum Gasteiger partial charge on any atom is 0.164 e. The highest BCUT2D eigenvalue weighted by Crippen LogP contribution is 2.57. The summed E-state index contributed by atoms with van der Waals surface area (Å²) in [7, 11) is 0. The van der Waals surface area contributed by atoms with E-state index >= 15 is 0 Å². The van der Waals surface area contributed by atoms with Gasteiger partial charge in [-0.05, 0) is 115 Å². The first-order valence-corrected chi connectivity index (χ1v) is 25.4. The van der Waals surface area contributed by atoms with Crippen molar-refractivity contribution in [1.29, 1.82) is 0 Å². The summed E-state index contributed by atoms with van der Waals surface area (Å²) in [6.45, 7) is 0. The summed E-state index contributed by atoms with van der Waals surface area (Å²) in [6, 6.07) is 92.6. The Morgan fingerprint density at radius 2 is 0.707 bits per heavy atom. The van der Waals surface area contributed by atoms with Gasteiger partial charge in [-0.2, -0.15) is 0 Å². The highest BCUT2D eigenvalue weighted by Gasteiger charge is 2.46. The minimum atomic E-state index is -0.464. The largest absolute Gasteiger partial charge is 0.456 e. The number of rotatable bonds is 8. The van der Waals surface area contributed by atoms with Crippen LogP contribution in [0.25, 0.3) is 123 Å². The lowest BCUT2D eigenvalue weighted by atomic mass is 9.67. The van der Waals surface area contributed by atoms with Crippen molar-refractivity contribution in [2.75, 3.05) is 0 Å². The summed E-state index contributed by atoms with van der Waals surface area (Å²) in [5, 5.41) is 3.99. The lowest BCUT2D eigenvalue weighted by Crippen LogP contribution is -2.28. The van der Waals surface area contributed by atoms with Crippen molar-refractivity contribution in [3.05, 3.63) is 283 Å². The van der Waals surface area contributed by atoms with Gasteiger partial charge in [0.1, 0.15) is 22.3 Å². The van der Waals surface area contributed by atoms with Crippen LogP contribution < -0.4 is 0 Å². The van der Waals surface area contributed by atoms with Crippen LogP contribution >= 0.6 is 0 Å². The zero-order chi connectivity index (χ0) is 49.5. The van der Waals surface area contributed by atoms with E-state index in [2.05, 4.69) is 212 Å². The Labute approximate surface area is 432 Å². The lowest BCUT2D eigenvalue weighted by molar-refractivity contribution is 0.668. The van der Waals surface area contributed by atoms with E-state index in [1.165, 1.54) is 38.9 Å². The minimum absolute atomic E-state index is 0.464. The summed E-state index contributed by atoms with van der Waals surface area (Å²) in [4.78, 5) is 15.7. The number of hydrogen-bond donors (Lipinski definition) is 0. The van der Waals surface area contributed by atoms with Crippen LogP contribution in [0.1, 0.15) is 22.3 Å². The molecule has 0 atom stereocenters. The predicted molar refractivity (Wildman–Crippen MR) is 304 cm³/mol. The summed E-state index contributed by atoms with van der Waals surface area (Å²) in [6.07, 6.45) is 0. The van der Waals surface area contributed by atoms with E-state index in [1.807, 2.05) is 48.5 Å². The van der Waals surface area contributed by atoms with Gasteiger partial charge in [-0.15, -0.1) is 0 Å². The fourth-order valence-corrected chi connectivity index (χ4v) is 11.7. The third-order valence-corrected chi connectivity index (χ3v) is 15.3. The second kappa shape index (κ2) is 17.1. The Balaban J connectivity index is 0.831. The minimum Gasteiger partial charge on any atom is -0.456 e. The standard InChI is InChI=1S/C70H43N3O2/c1-4-15-44(16-5-1)45-31-33-48(34-32-45)67-71-68(51-37-40-63-58(42-51)56-22-11-13-25-62(56)74-63)73-69(72-67)57-23-14-26-65-66(57)59-41-49(36-39-64(59)75-65)46-27-29-47(30-28-46)50-35-38-55-54-21-10-12-24-60(54)70(61(55)43-50,52-17-6-2-7-18-52)53-19-8-3-9-20-53/h1-43H. The Morgan fingerprint density at radius 1 is 0.253 bits per heavy atom. The predicted octanol–water partition coefficient (Wildman–Crippen LogP) is 18.0. The normalized spacial score (nSPS) is 12.6. The number of hydrogen-bond acceptors (Lipinski definition) is 5. The maximum absolute atomic E-state index is 6.61. The molecule has 75 heavy (non-hydrogen) atoms. The van der Waals surface area contributed by atoms with Crippen molar-refractivity contribution >= 4 is 43.9 Å². The van der Waals surface area contributed by atoms with Crippen LogP contribution in [-0.4, -0.2) is 15.0 Å². The number of nitrogens with zero attached hydrogens (tertiary/aromatic N) is 3. The molecule has 5 nitrogen and oxygen atoms in total. The molecule has 11 aromatic carbocycles. The summed E-state index contributed by atoms with van der Waals surface area (Å²) in [5.41, 5.74) is 19.8. The highest BCUT2D eigenvalue weighted by atomic mass is 16.3. The zero-order valence-electron chi connectivity index (χ0n) is 40.5. The summed E-state index contributed by atoms with van der Waals surface area (Å²) >= 11 is 0. The molecule has 0 spiro atoms. The number of para-hydroxylation sites is 1. The highest BCUT2D eigenvalue weighted by molar-refractivity contribution is 6.13. The molecule has 0 unspecified atom stereocenters. The van der Waals surface area contributed by atoms with Gasteiger partial charge in [0.2, 0.25) is 0 Å². The molecule has 14 aromatic rings. The van der Waals surface area contributed by atoms with Crippen molar-refractivity contribution in [2.24, 2.45) is 0 Å². The van der Waals surface area contributed by atoms with Gasteiger partial charge in [-0.1, -0.05) is 212 Å². The monoisotopic (exact) mass is 957 g/mol. The van der Waals surface area contributed by atoms with Crippen molar-refractivity contribution < 1.29 is 8.83 Å². The molecule has 350 valence electrons. The molecule has 1 aliphatic carbocycles. The maximum atomic E-state index is 6.61. The lowest BCUT2D eigenvalue weighted by Gasteiger charge is -2.34. The second-order valence-electron chi connectivity index (χ2n) is 19.4. The smallest absolute Gasteiger partial charge is 0.164 e. The van der Waals surface area contributed by atoms with Gasteiger partial charge in [0.15, 0.2) is 17.5 Å². The molecule has 0 fully saturated rings. The third-order valence-electron chi connectivity index (χ3n) is 15.3. The van der Waals surface area contributed by atoms with E-state index in [0.717, 1.165) is 88.4 Å². The molecule has 3 heterocycles. The zero-order valence-corrected chi connectivity index (χ0v) is 40.5. The van der Waals surface area contributed by atoms with Gasteiger partial charge >= 0.3 is 0 Å². The van der Waals surface area contributed by atoms with Crippen molar-refractivity contribution in [1.82, 2.24) is 15.0 Å². The van der Waals surface area contributed by atoms with Crippen LogP contribution in [0, 0.1) is 0 Å². The molecule has 0 N–H and O–H groups in total. The van der Waals surface area contributed by atoms with E-state index in [4.69, 9.17) is 23.8 Å². The fourth-order valence-electron chi connectivity index (χ4n) is 11.7. The Hall–Kier alpha value is -9.97. The molecule has 0 bridgehead atoms. The molecule has 5 heteroatoms. The Kier molecular flexibility index (Phi) is 9.72. The molecule has 1 aliphatic rings. The average molecular weight is 958 g/mol. The third kappa shape index (κ3) is 6.89. The van der Waals surface area contributed by atoms with Gasteiger partial charge in [-0.25, -0.2) is 15.0 Å². The van der Waals surface area contributed by atoms with Crippen LogP contribution in [0.2, 0.25) is 0 Å². The molecule has 3 aromatic heterocycles. The number of fused-ring (bicyclic) bond motifs is 9. The molecule has 15 rings (SSSR count). The van der Waals surface area contributed by atoms with E-state index in [0.29, 0.717) is 17.5 Å². The first kappa shape index (κ1) is 42.7. The molecular formula is C70H43N3O2. The topological polar surface area (TPSA) is 65.0 Å². The Morgan fingerprint density at radius 3 is 1.44 bits per heavy atom. The van der Waals surface area contributed by atoms with Crippen LogP contribution in [-0.2, 0) is 5.41 Å². The van der Waals surface area contributed by atoms with Crippen LogP contribution in [0.15, 0.2) is 270 Å². The van der Waals surface area contributed by atoms with E-state index in [1.54, 1.807) is 0 Å². The van der Waals surface area contributed by atoms with E-state index < -0.39 is 5.41 Å².